The van der Waals surface area contributed by atoms with E-state index in [1.165, 1.54) is 4.90 Å². The van der Waals surface area contributed by atoms with E-state index in [0.717, 1.165) is 7.11 Å². The number of likely N-dealkylation sites (tertiary alicyclic amines) is 1. The van der Waals surface area contributed by atoms with Gasteiger partial charge in [-0.15, -0.1) is 0 Å². The topological polar surface area (TPSA) is 214 Å². The van der Waals surface area contributed by atoms with Gasteiger partial charge in [-0.2, -0.15) is 0 Å². The second-order valence-corrected chi connectivity index (χ2v) is 17.7. The number of methoxy groups -OCH3 is 1. The minimum absolute atomic E-state index is 0.115. The van der Waals surface area contributed by atoms with Crippen molar-refractivity contribution in [1.29, 1.82) is 0 Å². The molecule has 1 aromatic heterocycles. The van der Waals surface area contributed by atoms with E-state index in [4.69, 9.17) is 25.8 Å². The maximum atomic E-state index is 14.2. The van der Waals surface area contributed by atoms with Crippen molar-refractivity contribution in [3.63, 3.8) is 0 Å². The summed E-state index contributed by atoms with van der Waals surface area (Å²) in [6.07, 6.45) is -0.213. The van der Waals surface area contributed by atoms with E-state index in [1.54, 1.807) is 79.7 Å². The van der Waals surface area contributed by atoms with Crippen LogP contribution in [0.4, 0.5) is 4.79 Å². The van der Waals surface area contributed by atoms with E-state index in [1.807, 2.05) is 13.8 Å². The number of aromatic amines is 1. The summed E-state index contributed by atoms with van der Waals surface area (Å²) >= 11 is 6.62. The molecule has 2 aromatic rings. The summed E-state index contributed by atoms with van der Waals surface area (Å²) in [4.78, 5) is 98.8. The van der Waals surface area contributed by atoms with Crippen molar-refractivity contribution in [2.75, 3.05) is 13.7 Å². The molecule has 5 atom stereocenters. The van der Waals surface area contributed by atoms with Crippen molar-refractivity contribution in [1.82, 2.24) is 31.2 Å². The zero-order valence-electron chi connectivity index (χ0n) is 35.5. The minimum atomic E-state index is -1.47. The molecule has 5 amide bonds. The molecule has 0 unspecified atom stereocenters. The van der Waals surface area contributed by atoms with Crippen LogP contribution < -0.4 is 21.3 Å². The Bertz CT molecular complexity index is 1810. The summed E-state index contributed by atoms with van der Waals surface area (Å²) in [6.45, 7) is 17.6. The van der Waals surface area contributed by atoms with Crippen LogP contribution in [0.15, 0.2) is 24.3 Å². The molecular weight excluding hydrogens is 772 g/mol. The van der Waals surface area contributed by atoms with Crippen LogP contribution in [0.25, 0.3) is 10.9 Å². The number of ether oxygens (including phenoxy) is 3. The van der Waals surface area contributed by atoms with E-state index in [2.05, 4.69) is 26.3 Å². The van der Waals surface area contributed by atoms with Crippen LogP contribution in [0.5, 0.6) is 0 Å². The molecule has 3 rings (SSSR count). The van der Waals surface area contributed by atoms with Crippen molar-refractivity contribution in [3.8, 4) is 0 Å². The molecule has 58 heavy (non-hydrogen) atoms. The van der Waals surface area contributed by atoms with Crippen LogP contribution in [-0.2, 0) is 49.4 Å². The van der Waals surface area contributed by atoms with Gasteiger partial charge in [-0.1, -0.05) is 57.5 Å². The zero-order chi connectivity index (χ0) is 43.7. The van der Waals surface area contributed by atoms with Crippen LogP contribution >= 0.6 is 11.6 Å². The zero-order valence-corrected chi connectivity index (χ0v) is 36.3. The first-order valence-corrected chi connectivity index (χ1v) is 20.0. The minimum Gasteiger partial charge on any atom is -0.469 e. The number of hydrogen-bond acceptors (Lipinski definition) is 10. The molecule has 16 nitrogen and oxygen atoms in total. The molecule has 5 N–H and O–H groups in total. The van der Waals surface area contributed by atoms with Crippen LogP contribution in [-0.4, -0.2) is 107 Å². The van der Waals surface area contributed by atoms with Gasteiger partial charge >= 0.3 is 18.0 Å². The van der Waals surface area contributed by atoms with E-state index < -0.39 is 95.4 Å². The fourth-order valence-electron chi connectivity index (χ4n) is 6.47. The predicted molar refractivity (Wildman–Crippen MR) is 217 cm³/mol. The van der Waals surface area contributed by atoms with Gasteiger partial charge in [-0.05, 0) is 84.3 Å². The Morgan fingerprint density at radius 1 is 0.828 bits per heavy atom. The first-order valence-electron chi connectivity index (χ1n) is 19.7. The number of halogens is 1. The second kappa shape index (κ2) is 20.2. The Morgan fingerprint density at radius 3 is 2.00 bits per heavy atom. The van der Waals surface area contributed by atoms with Crippen LogP contribution in [0, 0.1) is 11.8 Å². The fraction of sp³-hybridized carbons (Fsp3) is 0.634. The van der Waals surface area contributed by atoms with Crippen molar-refractivity contribution in [2.45, 2.75) is 143 Å². The highest BCUT2D eigenvalue weighted by molar-refractivity contribution is 6.31. The van der Waals surface area contributed by atoms with Gasteiger partial charge in [0.15, 0.2) is 0 Å². The summed E-state index contributed by atoms with van der Waals surface area (Å²) < 4.78 is 15.7. The third-order valence-corrected chi connectivity index (χ3v) is 9.50. The highest BCUT2D eigenvalue weighted by Crippen LogP contribution is 2.28. The molecule has 0 saturated carbocycles. The predicted octanol–water partition coefficient (Wildman–Crippen LogP) is 4.31. The molecule has 0 spiro atoms. The first-order chi connectivity index (χ1) is 26.9. The maximum absolute atomic E-state index is 14.2. The molecule has 322 valence electrons. The highest BCUT2D eigenvalue weighted by atomic mass is 35.5. The lowest BCUT2D eigenvalue weighted by atomic mass is 9.98. The Hall–Kier alpha value is -4.86. The largest absolute Gasteiger partial charge is 0.469 e. The van der Waals surface area contributed by atoms with Gasteiger partial charge in [-0.3, -0.25) is 28.9 Å². The number of hydrogen-bond donors (Lipinski definition) is 5. The molecule has 0 radical (unpaired) electrons. The number of esters is 2. The van der Waals surface area contributed by atoms with E-state index in [-0.39, 0.29) is 23.9 Å². The third-order valence-electron chi connectivity index (χ3n) is 9.18. The molecule has 0 aliphatic carbocycles. The van der Waals surface area contributed by atoms with Crippen molar-refractivity contribution in [3.05, 3.63) is 35.0 Å². The highest BCUT2D eigenvalue weighted by Gasteiger charge is 2.40. The van der Waals surface area contributed by atoms with Crippen molar-refractivity contribution < 1.29 is 47.8 Å². The number of H-pyrrole nitrogens is 1. The van der Waals surface area contributed by atoms with Gasteiger partial charge in [-0.25, -0.2) is 9.59 Å². The van der Waals surface area contributed by atoms with E-state index in [9.17, 15) is 33.6 Å². The van der Waals surface area contributed by atoms with Crippen molar-refractivity contribution >= 4 is 64.2 Å². The average molecular weight is 833 g/mol. The average Bonchev–Trinajstić information content (AvgIpc) is 3.72. The lowest BCUT2D eigenvalue weighted by Gasteiger charge is -2.31. The number of para-hydroxylation sites is 1. The molecular formula is C41H61ClN6O10. The van der Waals surface area contributed by atoms with Gasteiger partial charge in [0.05, 0.1) is 13.5 Å². The third kappa shape index (κ3) is 13.9. The summed E-state index contributed by atoms with van der Waals surface area (Å²) in [5, 5.41) is 11.8. The molecule has 2 heterocycles. The van der Waals surface area contributed by atoms with Gasteiger partial charge in [0.2, 0.25) is 23.6 Å². The lowest BCUT2D eigenvalue weighted by Crippen LogP contribution is -2.60. The van der Waals surface area contributed by atoms with Gasteiger partial charge in [0, 0.05) is 23.9 Å². The van der Waals surface area contributed by atoms with Crippen LogP contribution in [0.3, 0.4) is 0 Å². The summed E-state index contributed by atoms with van der Waals surface area (Å²) in [5.74, 6) is -4.94. The molecule has 1 fully saturated rings. The van der Waals surface area contributed by atoms with Gasteiger partial charge < -0.3 is 40.5 Å². The Balaban J connectivity index is 1.92. The Labute approximate surface area is 345 Å². The SMILES string of the molecule is COC(=O)C[C@@H](NC(=O)[C@@H](Cc1c(Cl)[nH]c2ccccc12)NC(=O)[C@H](CC(C)C)NC(=O)[C@H](NC(=O)[C@@H]1CCCN1C(=O)OC(C)(C)C)C(C)C)C(=O)OC(C)(C)C. The smallest absolute Gasteiger partial charge is 0.410 e. The quantitative estimate of drug-likeness (QED) is 0.119. The molecule has 1 aromatic carbocycles. The number of amides is 5. The van der Waals surface area contributed by atoms with Gasteiger partial charge in [0.1, 0.15) is 46.6 Å². The molecule has 0 bridgehead atoms. The number of nitrogens with one attached hydrogen (secondary N) is 5. The number of aromatic nitrogens is 1. The molecule has 17 heteroatoms. The standard InChI is InChI=1S/C41H61ClN6O10/c1-22(2)19-27(45-37(53)32(23(3)4)47-36(52)30-17-14-18-48(30)39(55)58-41(8,9)10)34(50)44-28(20-25-24-15-12-13-16-26(24)43-33(25)42)35(51)46-29(21-31(49)56-11)38(54)57-40(5,6)7/h12-13,15-16,22-23,27-30,32,43H,14,17-21H2,1-11H3,(H,44,50)(H,45,53)(H,46,51)(H,47,52)/t27-,28+,29+,30-,32+/m0/s1. The monoisotopic (exact) mass is 832 g/mol. The number of fused-ring (bicyclic) bond motifs is 1. The van der Waals surface area contributed by atoms with E-state index in [0.29, 0.717) is 35.9 Å². The van der Waals surface area contributed by atoms with E-state index >= 15 is 0 Å². The number of nitrogens with zero attached hydrogens (tertiary/aromatic N) is 1. The lowest BCUT2D eigenvalue weighted by molar-refractivity contribution is -0.161. The Kier molecular flexibility index (Phi) is 16.6. The maximum Gasteiger partial charge on any atom is 0.410 e. The van der Waals surface area contributed by atoms with Crippen molar-refractivity contribution in [2.24, 2.45) is 11.8 Å². The molecule has 1 aliphatic rings. The van der Waals surface area contributed by atoms with Crippen LogP contribution in [0.2, 0.25) is 5.15 Å². The number of carbonyl (C=O) groups excluding carboxylic acids is 7. The number of carbonyl (C=O) groups is 7. The summed E-state index contributed by atoms with van der Waals surface area (Å²) in [7, 11) is 1.14. The first kappa shape index (κ1) is 47.5. The number of benzene rings is 1. The molecule has 1 saturated heterocycles. The second-order valence-electron chi connectivity index (χ2n) is 17.4. The summed E-state index contributed by atoms with van der Waals surface area (Å²) in [5.41, 5.74) is -0.536. The fourth-order valence-corrected chi connectivity index (χ4v) is 6.75. The van der Waals surface area contributed by atoms with Gasteiger partial charge in [0.25, 0.3) is 0 Å². The number of rotatable bonds is 16. The summed E-state index contributed by atoms with van der Waals surface area (Å²) in [6, 6.07) is 1.23. The van der Waals surface area contributed by atoms with Crippen LogP contribution in [0.1, 0.15) is 100 Å². The normalized spacial score (nSPS) is 16.6. The Morgan fingerprint density at radius 2 is 1.41 bits per heavy atom. The molecule has 1 aliphatic heterocycles.